The van der Waals surface area contributed by atoms with Gasteiger partial charge in [-0.3, -0.25) is 0 Å². The molecule has 2 aromatic rings. The lowest BCUT2D eigenvalue weighted by Crippen LogP contribution is -2.18. The van der Waals surface area contributed by atoms with Gasteiger partial charge in [-0.1, -0.05) is 6.07 Å². The second-order valence-electron chi connectivity index (χ2n) is 3.81. The summed E-state index contributed by atoms with van der Waals surface area (Å²) in [6.07, 6.45) is 4.79. The number of pyridine rings is 1. The molecule has 2 rings (SSSR count). The van der Waals surface area contributed by atoms with Crippen molar-refractivity contribution >= 4 is 5.65 Å². The maximum absolute atomic E-state index is 5.79. The van der Waals surface area contributed by atoms with Gasteiger partial charge in [0.1, 0.15) is 5.65 Å². The van der Waals surface area contributed by atoms with Gasteiger partial charge >= 0.3 is 0 Å². The van der Waals surface area contributed by atoms with E-state index in [1.165, 1.54) is 5.56 Å². The molecule has 0 spiro atoms. The van der Waals surface area contributed by atoms with Crippen LogP contribution in [-0.2, 0) is 6.42 Å². The lowest BCUT2D eigenvalue weighted by molar-refractivity contribution is 0.738. The lowest BCUT2D eigenvalue weighted by Gasteiger charge is -2.06. The van der Waals surface area contributed by atoms with E-state index >= 15 is 0 Å². The quantitative estimate of drug-likeness (QED) is 0.778. The fourth-order valence-electron chi connectivity index (χ4n) is 1.70. The standard InChI is InChI=1S/C11H15N3/c1-8(12)6-10-4-3-5-14-9(2)7-13-11(10)14/h3-5,7-8H,6,12H2,1-2H3. The van der Waals surface area contributed by atoms with E-state index in [2.05, 4.69) is 22.4 Å². The van der Waals surface area contributed by atoms with Gasteiger partial charge in [0.15, 0.2) is 0 Å². The van der Waals surface area contributed by atoms with E-state index in [1.54, 1.807) is 0 Å². The van der Waals surface area contributed by atoms with Gasteiger partial charge in [0.25, 0.3) is 0 Å². The Morgan fingerprint density at radius 3 is 3.07 bits per heavy atom. The topological polar surface area (TPSA) is 43.3 Å². The number of aromatic nitrogens is 2. The molecular weight excluding hydrogens is 174 g/mol. The van der Waals surface area contributed by atoms with Gasteiger partial charge in [-0.2, -0.15) is 0 Å². The predicted octanol–water partition coefficient (Wildman–Crippen LogP) is 1.53. The first-order valence-corrected chi connectivity index (χ1v) is 4.85. The Morgan fingerprint density at radius 1 is 1.57 bits per heavy atom. The van der Waals surface area contributed by atoms with E-state index in [9.17, 15) is 0 Å². The van der Waals surface area contributed by atoms with Crippen molar-refractivity contribution in [3.63, 3.8) is 0 Å². The number of rotatable bonds is 2. The van der Waals surface area contributed by atoms with Gasteiger partial charge in [0.05, 0.1) is 0 Å². The first-order valence-electron chi connectivity index (χ1n) is 4.85. The van der Waals surface area contributed by atoms with Crippen LogP contribution in [0.5, 0.6) is 0 Å². The zero-order valence-electron chi connectivity index (χ0n) is 8.57. The highest BCUT2D eigenvalue weighted by Crippen LogP contribution is 2.12. The second kappa shape index (κ2) is 3.42. The molecule has 0 saturated carbocycles. The molecule has 0 aliphatic heterocycles. The monoisotopic (exact) mass is 189 g/mol. The van der Waals surface area contributed by atoms with Gasteiger partial charge in [-0.05, 0) is 31.9 Å². The molecule has 2 aromatic heterocycles. The Balaban J connectivity index is 2.54. The third-order valence-electron chi connectivity index (χ3n) is 2.34. The number of imidazole rings is 1. The van der Waals surface area contributed by atoms with Crippen molar-refractivity contribution in [1.82, 2.24) is 9.38 Å². The largest absolute Gasteiger partial charge is 0.328 e. The summed E-state index contributed by atoms with van der Waals surface area (Å²) in [5.41, 5.74) is 9.19. The fourth-order valence-corrected chi connectivity index (χ4v) is 1.70. The highest BCUT2D eigenvalue weighted by Gasteiger charge is 2.05. The molecule has 0 aliphatic rings. The predicted molar refractivity (Wildman–Crippen MR) is 57.3 cm³/mol. The molecule has 0 bridgehead atoms. The summed E-state index contributed by atoms with van der Waals surface area (Å²) >= 11 is 0. The van der Waals surface area contributed by atoms with Gasteiger partial charge in [-0.25, -0.2) is 4.98 Å². The molecule has 0 amide bonds. The molecule has 74 valence electrons. The van der Waals surface area contributed by atoms with E-state index in [-0.39, 0.29) is 6.04 Å². The number of hydrogen-bond acceptors (Lipinski definition) is 2. The third kappa shape index (κ3) is 1.51. The Kier molecular flexibility index (Phi) is 2.25. The maximum atomic E-state index is 5.79. The molecule has 2 N–H and O–H groups in total. The van der Waals surface area contributed by atoms with Crippen LogP contribution in [0.1, 0.15) is 18.2 Å². The third-order valence-corrected chi connectivity index (χ3v) is 2.34. The van der Waals surface area contributed by atoms with Crippen LogP contribution in [0.3, 0.4) is 0 Å². The summed E-state index contributed by atoms with van der Waals surface area (Å²) < 4.78 is 2.09. The highest BCUT2D eigenvalue weighted by molar-refractivity contribution is 5.49. The van der Waals surface area contributed by atoms with Gasteiger partial charge in [0, 0.05) is 24.1 Å². The van der Waals surface area contributed by atoms with Crippen LogP contribution in [0.25, 0.3) is 5.65 Å². The lowest BCUT2D eigenvalue weighted by atomic mass is 10.1. The van der Waals surface area contributed by atoms with Crippen molar-refractivity contribution in [3.05, 3.63) is 35.8 Å². The summed E-state index contributed by atoms with van der Waals surface area (Å²) in [5.74, 6) is 0. The number of fused-ring (bicyclic) bond motifs is 1. The SMILES string of the molecule is Cc1cnc2c(CC(C)N)cccn12. The molecular formula is C11H15N3. The van der Waals surface area contributed by atoms with Gasteiger partial charge in [0.2, 0.25) is 0 Å². The minimum absolute atomic E-state index is 0.179. The van der Waals surface area contributed by atoms with Crippen LogP contribution >= 0.6 is 0 Å². The van der Waals surface area contributed by atoms with E-state index in [4.69, 9.17) is 5.73 Å². The normalized spacial score (nSPS) is 13.4. The molecule has 3 heteroatoms. The molecule has 0 aromatic carbocycles. The molecule has 0 fully saturated rings. The van der Waals surface area contributed by atoms with Crippen molar-refractivity contribution in [3.8, 4) is 0 Å². The van der Waals surface area contributed by atoms with Gasteiger partial charge in [-0.15, -0.1) is 0 Å². The van der Waals surface area contributed by atoms with Crippen molar-refractivity contribution in [2.24, 2.45) is 5.73 Å². The van der Waals surface area contributed by atoms with E-state index in [0.29, 0.717) is 0 Å². The second-order valence-corrected chi connectivity index (χ2v) is 3.81. The maximum Gasteiger partial charge on any atom is 0.140 e. The zero-order chi connectivity index (χ0) is 10.1. The molecule has 14 heavy (non-hydrogen) atoms. The molecule has 1 unspecified atom stereocenters. The van der Waals surface area contributed by atoms with Crippen molar-refractivity contribution in [2.75, 3.05) is 0 Å². The Bertz CT molecular complexity index is 443. The van der Waals surface area contributed by atoms with Crippen LogP contribution in [-0.4, -0.2) is 15.4 Å². The molecule has 3 nitrogen and oxygen atoms in total. The van der Waals surface area contributed by atoms with E-state index < -0.39 is 0 Å². The average Bonchev–Trinajstić information content (AvgIpc) is 2.49. The summed E-state index contributed by atoms with van der Waals surface area (Å²) in [5, 5.41) is 0. The van der Waals surface area contributed by atoms with Crippen LogP contribution in [0.4, 0.5) is 0 Å². The first kappa shape index (κ1) is 9.21. The summed E-state index contributed by atoms with van der Waals surface area (Å²) in [4.78, 5) is 4.38. The molecule has 0 radical (unpaired) electrons. The van der Waals surface area contributed by atoms with Crippen molar-refractivity contribution in [2.45, 2.75) is 26.3 Å². The van der Waals surface area contributed by atoms with E-state index in [0.717, 1.165) is 17.8 Å². The molecule has 1 atom stereocenters. The van der Waals surface area contributed by atoms with Gasteiger partial charge < -0.3 is 10.1 Å². The van der Waals surface area contributed by atoms with E-state index in [1.807, 2.05) is 25.4 Å². The summed E-state index contributed by atoms with van der Waals surface area (Å²) in [7, 11) is 0. The minimum Gasteiger partial charge on any atom is -0.328 e. The summed E-state index contributed by atoms with van der Waals surface area (Å²) in [6, 6.07) is 4.31. The Morgan fingerprint density at radius 2 is 2.36 bits per heavy atom. The highest BCUT2D eigenvalue weighted by atomic mass is 15.0. The Hall–Kier alpha value is -1.35. The molecule has 0 aliphatic carbocycles. The van der Waals surface area contributed by atoms with Crippen LogP contribution < -0.4 is 5.73 Å². The molecule has 0 saturated heterocycles. The number of hydrogen-bond donors (Lipinski definition) is 1. The van der Waals surface area contributed by atoms with Crippen molar-refractivity contribution in [1.29, 1.82) is 0 Å². The minimum atomic E-state index is 0.179. The van der Waals surface area contributed by atoms with Crippen LogP contribution in [0.15, 0.2) is 24.5 Å². The zero-order valence-corrected chi connectivity index (χ0v) is 8.57. The van der Waals surface area contributed by atoms with Crippen molar-refractivity contribution < 1.29 is 0 Å². The summed E-state index contributed by atoms with van der Waals surface area (Å²) in [6.45, 7) is 4.06. The first-order chi connectivity index (χ1) is 6.68. The van der Waals surface area contributed by atoms with Crippen LogP contribution in [0, 0.1) is 6.92 Å². The van der Waals surface area contributed by atoms with Crippen LogP contribution in [0.2, 0.25) is 0 Å². The molecule has 2 heterocycles. The number of aryl methyl sites for hydroxylation is 1. The Labute approximate surface area is 83.6 Å². The number of nitrogens with zero attached hydrogens (tertiary/aromatic N) is 2. The average molecular weight is 189 g/mol. The fraction of sp³-hybridized carbons (Fsp3) is 0.364. The smallest absolute Gasteiger partial charge is 0.140 e. The number of nitrogens with two attached hydrogens (primary N) is 1.